The SMILES string of the molecule is CCCC(C)NC(=O)C(C)NC(CC)(CC)C(=O)O. The summed E-state index contributed by atoms with van der Waals surface area (Å²) in [6, 6.07) is -0.403. The number of amides is 1. The minimum absolute atomic E-state index is 0.115. The summed E-state index contributed by atoms with van der Waals surface area (Å²) >= 11 is 0. The van der Waals surface area contributed by atoms with Gasteiger partial charge in [-0.05, 0) is 33.1 Å². The van der Waals surface area contributed by atoms with Gasteiger partial charge in [0.15, 0.2) is 0 Å². The second-order valence-corrected chi connectivity index (χ2v) is 5.16. The van der Waals surface area contributed by atoms with E-state index in [4.69, 9.17) is 0 Å². The number of rotatable bonds is 9. The molecule has 5 heteroatoms. The zero-order chi connectivity index (χ0) is 15.1. The van der Waals surface area contributed by atoms with Gasteiger partial charge in [0.05, 0.1) is 6.04 Å². The molecule has 0 saturated carbocycles. The molecule has 0 aliphatic heterocycles. The summed E-state index contributed by atoms with van der Waals surface area (Å²) in [5.74, 6) is -1.05. The largest absolute Gasteiger partial charge is 0.480 e. The predicted octanol–water partition coefficient (Wildman–Crippen LogP) is 1.91. The van der Waals surface area contributed by atoms with Crippen LogP contribution in [0.25, 0.3) is 0 Å². The highest BCUT2D eigenvalue weighted by molar-refractivity contribution is 5.84. The summed E-state index contributed by atoms with van der Waals surface area (Å²) in [5, 5.41) is 15.2. The second kappa shape index (κ2) is 8.15. The van der Waals surface area contributed by atoms with Crippen LogP contribution in [0.4, 0.5) is 0 Å². The molecule has 0 aromatic carbocycles. The number of carbonyl (C=O) groups excluding carboxylic acids is 1. The number of aliphatic carboxylic acids is 1. The van der Waals surface area contributed by atoms with Gasteiger partial charge < -0.3 is 10.4 Å². The van der Waals surface area contributed by atoms with Crippen LogP contribution in [0.2, 0.25) is 0 Å². The normalized spacial score (nSPS) is 14.8. The first kappa shape index (κ1) is 17.9. The molecule has 1 amide bonds. The van der Waals surface area contributed by atoms with E-state index >= 15 is 0 Å². The first-order valence-corrected chi connectivity index (χ1v) is 7.14. The van der Waals surface area contributed by atoms with Crippen molar-refractivity contribution in [1.82, 2.24) is 10.6 Å². The van der Waals surface area contributed by atoms with Crippen molar-refractivity contribution in [3.8, 4) is 0 Å². The maximum absolute atomic E-state index is 12.0. The second-order valence-electron chi connectivity index (χ2n) is 5.16. The minimum atomic E-state index is -1.02. The van der Waals surface area contributed by atoms with Gasteiger partial charge in [-0.2, -0.15) is 0 Å². The highest BCUT2D eigenvalue weighted by Gasteiger charge is 2.37. The number of hydrogen-bond donors (Lipinski definition) is 3. The molecule has 0 spiro atoms. The van der Waals surface area contributed by atoms with E-state index < -0.39 is 17.6 Å². The van der Waals surface area contributed by atoms with Crippen LogP contribution >= 0.6 is 0 Å². The number of carbonyl (C=O) groups is 2. The molecule has 0 rings (SSSR count). The lowest BCUT2D eigenvalue weighted by molar-refractivity contribution is -0.146. The minimum Gasteiger partial charge on any atom is -0.480 e. The molecule has 0 saturated heterocycles. The molecule has 2 atom stereocenters. The number of carboxylic acids is 1. The summed E-state index contributed by atoms with van der Waals surface area (Å²) in [4.78, 5) is 23.4. The zero-order valence-electron chi connectivity index (χ0n) is 12.7. The van der Waals surface area contributed by atoms with Crippen LogP contribution in [0.5, 0.6) is 0 Å². The van der Waals surface area contributed by atoms with Crippen molar-refractivity contribution in [2.45, 2.75) is 77.9 Å². The van der Waals surface area contributed by atoms with E-state index in [1.807, 2.05) is 20.8 Å². The number of carboxylic acid groups (broad SMARTS) is 1. The molecule has 19 heavy (non-hydrogen) atoms. The fourth-order valence-corrected chi connectivity index (χ4v) is 2.17. The molecular formula is C14H28N2O3. The van der Waals surface area contributed by atoms with Crippen molar-refractivity contribution in [2.24, 2.45) is 0 Å². The Morgan fingerprint density at radius 2 is 1.68 bits per heavy atom. The summed E-state index contributed by atoms with van der Waals surface area (Å²) in [7, 11) is 0. The third-order valence-corrected chi connectivity index (χ3v) is 3.61. The van der Waals surface area contributed by atoms with E-state index in [1.165, 1.54) is 0 Å². The van der Waals surface area contributed by atoms with Crippen LogP contribution in [-0.4, -0.2) is 34.6 Å². The fourth-order valence-electron chi connectivity index (χ4n) is 2.17. The van der Waals surface area contributed by atoms with Crippen molar-refractivity contribution < 1.29 is 14.7 Å². The van der Waals surface area contributed by atoms with Crippen LogP contribution in [0, 0.1) is 0 Å². The summed E-state index contributed by atoms with van der Waals surface area (Å²) in [5.41, 5.74) is -1.02. The van der Waals surface area contributed by atoms with E-state index in [0.29, 0.717) is 12.8 Å². The van der Waals surface area contributed by atoms with Gasteiger partial charge in [0.25, 0.3) is 0 Å². The van der Waals surface area contributed by atoms with Gasteiger partial charge in [0.1, 0.15) is 5.54 Å². The summed E-state index contributed by atoms with van der Waals surface area (Å²) in [6.07, 6.45) is 2.82. The Bertz CT molecular complexity index is 301. The molecule has 0 radical (unpaired) electrons. The average Bonchev–Trinajstić information content (AvgIpc) is 2.35. The molecule has 3 N–H and O–H groups in total. The Hall–Kier alpha value is -1.10. The average molecular weight is 272 g/mol. The van der Waals surface area contributed by atoms with Crippen LogP contribution in [-0.2, 0) is 9.59 Å². The van der Waals surface area contributed by atoms with E-state index in [0.717, 1.165) is 12.8 Å². The van der Waals surface area contributed by atoms with Gasteiger partial charge in [0.2, 0.25) is 5.91 Å². The summed E-state index contributed by atoms with van der Waals surface area (Å²) < 4.78 is 0. The van der Waals surface area contributed by atoms with Crippen LogP contribution in [0.3, 0.4) is 0 Å². The zero-order valence-corrected chi connectivity index (χ0v) is 12.7. The third kappa shape index (κ3) is 5.19. The van der Waals surface area contributed by atoms with Gasteiger partial charge in [-0.1, -0.05) is 27.2 Å². The molecule has 2 unspecified atom stereocenters. The lowest BCUT2D eigenvalue weighted by atomic mass is 9.92. The predicted molar refractivity (Wildman–Crippen MR) is 76.1 cm³/mol. The maximum atomic E-state index is 12.0. The van der Waals surface area contributed by atoms with Crippen molar-refractivity contribution in [1.29, 1.82) is 0 Å². The van der Waals surface area contributed by atoms with Gasteiger partial charge in [-0.3, -0.25) is 14.9 Å². The quantitative estimate of drug-likeness (QED) is 0.599. The molecule has 0 bridgehead atoms. The van der Waals surface area contributed by atoms with Gasteiger partial charge in [-0.15, -0.1) is 0 Å². The number of nitrogens with one attached hydrogen (secondary N) is 2. The molecule has 112 valence electrons. The first-order valence-electron chi connectivity index (χ1n) is 7.14. The Labute approximate surface area is 116 Å². The van der Waals surface area contributed by atoms with Gasteiger partial charge in [-0.25, -0.2) is 0 Å². The van der Waals surface area contributed by atoms with Gasteiger partial charge >= 0.3 is 5.97 Å². The standard InChI is InChI=1S/C14H28N2O3/c1-6-9-10(4)15-12(17)11(5)16-14(7-2,8-3)13(18)19/h10-11,16H,6-9H2,1-5H3,(H,15,17)(H,18,19). The first-order chi connectivity index (χ1) is 8.82. The monoisotopic (exact) mass is 272 g/mol. The fraction of sp³-hybridized carbons (Fsp3) is 0.857. The van der Waals surface area contributed by atoms with E-state index in [1.54, 1.807) is 6.92 Å². The van der Waals surface area contributed by atoms with Crippen LogP contribution in [0.1, 0.15) is 60.3 Å². The molecule has 0 aromatic heterocycles. The maximum Gasteiger partial charge on any atom is 0.323 e. The molecule has 0 aliphatic carbocycles. The van der Waals surface area contributed by atoms with Gasteiger partial charge in [0, 0.05) is 6.04 Å². The molecule has 0 aliphatic rings. The lowest BCUT2D eigenvalue weighted by Gasteiger charge is -2.31. The molecule has 0 heterocycles. The molecular weight excluding hydrogens is 244 g/mol. The smallest absolute Gasteiger partial charge is 0.323 e. The Kier molecular flexibility index (Phi) is 7.68. The highest BCUT2D eigenvalue weighted by atomic mass is 16.4. The topological polar surface area (TPSA) is 78.4 Å². The number of hydrogen-bond acceptors (Lipinski definition) is 3. The Balaban J connectivity index is 4.60. The van der Waals surface area contributed by atoms with Crippen molar-refractivity contribution >= 4 is 11.9 Å². The Morgan fingerprint density at radius 3 is 2.05 bits per heavy atom. The van der Waals surface area contributed by atoms with Crippen molar-refractivity contribution in [3.05, 3.63) is 0 Å². The van der Waals surface area contributed by atoms with E-state index in [2.05, 4.69) is 17.6 Å². The van der Waals surface area contributed by atoms with E-state index in [9.17, 15) is 14.7 Å². The van der Waals surface area contributed by atoms with E-state index in [-0.39, 0.29) is 11.9 Å². The lowest BCUT2D eigenvalue weighted by Crippen LogP contribution is -2.58. The molecule has 0 aromatic rings. The highest BCUT2D eigenvalue weighted by Crippen LogP contribution is 2.16. The molecule has 0 fully saturated rings. The van der Waals surface area contributed by atoms with Crippen LogP contribution in [0.15, 0.2) is 0 Å². The summed E-state index contributed by atoms with van der Waals surface area (Å²) in [6.45, 7) is 9.35. The van der Waals surface area contributed by atoms with Crippen LogP contribution < -0.4 is 10.6 Å². The third-order valence-electron chi connectivity index (χ3n) is 3.61. The van der Waals surface area contributed by atoms with Crippen molar-refractivity contribution in [3.63, 3.8) is 0 Å². The van der Waals surface area contributed by atoms with Crippen molar-refractivity contribution in [2.75, 3.05) is 0 Å². The molecule has 5 nitrogen and oxygen atoms in total. The Morgan fingerprint density at radius 1 is 1.16 bits per heavy atom.